The third-order valence-electron chi connectivity index (χ3n) is 6.53. The summed E-state index contributed by atoms with van der Waals surface area (Å²) in [4.78, 5) is 22.5. The van der Waals surface area contributed by atoms with Gasteiger partial charge in [-0.2, -0.15) is 10.2 Å². The average molecular weight is 505 g/mol. The zero-order valence-corrected chi connectivity index (χ0v) is 21.2. The first-order valence-electron chi connectivity index (χ1n) is 12.3. The summed E-state index contributed by atoms with van der Waals surface area (Å²) >= 11 is 0. The second-order valence-electron chi connectivity index (χ2n) is 9.27. The van der Waals surface area contributed by atoms with Crippen LogP contribution in [0.25, 0.3) is 17.1 Å². The normalized spacial score (nSPS) is 13.1. The molecule has 0 aliphatic heterocycles. The highest BCUT2D eigenvalue weighted by Gasteiger charge is 2.31. The molecule has 3 aromatic heterocycles. The summed E-state index contributed by atoms with van der Waals surface area (Å²) in [6.07, 6.45) is 2.28. The van der Waals surface area contributed by atoms with Crippen LogP contribution in [0.3, 0.4) is 0 Å². The molecule has 1 aliphatic carbocycles. The molecule has 1 amide bonds. The zero-order chi connectivity index (χ0) is 26.3. The van der Waals surface area contributed by atoms with Crippen molar-refractivity contribution in [2.75, 3.05) is 16.8 Å². The fourth-order valence-electron chi connectivity index (χ4n) is 4.55. The van der Waals surface area contributed by atoms with Crippen LogP contribution in [0, 0.1) is 32.5 Å². The number of rotatable bonds is 8. The maximum Gasteiger partial charge on any atom is 0.418 e. The van der Waals surface area contributed by atoms with Gasteiger partial charge in [0.1, 0.15) is 23.8 Å². The molecular weight excluding hydrogens is 475 g/mol. The van der Waals surface area contributed by atoms with Crippen LogP contribution in [-0.4, -0.2) is 47.3 Å². The minimum Gasteiger partial charge on any atom is -0.464 e. The van der Waals surface area contributed by atoms with Crippen LogP contribution in [0.1, 0.15) is 36.7 Å². The molecule has 11 heteroatoms. The van der Waals surface area contributed by atoms with Gasteiger partial charge in [0.05, 0.1) is 22.8 Å². The highest BCUT2D eigenvalue weighted by molar-refractivity contribution is 5.95. The van der Waals surface area contributed by atoms with Gasteiger partial charge in [-0.25, -0.2) is 33.4 Å². The number of amides is 1. The van der Waals surface area contributed by atoms with Crippen LogP contribution >= 0.6 is 0 Å². The molecule has 0 bridgehead atoms. The Morgan fingerprint density at radius 3 is 2.54 bits per heavy atom. The standard InChI is InChI=1S/C26H29FN8O2/c1-5-28-24-16(3)31-35(17(24)4)22-12-21(29-14-30-22)34(26(36)37)25-15(2)23(19-8-10-20(27)11-9-19)32-33(25)13-18-6-7-18/h8-12,14,18,28H,5-7,13H2,1-4H3,(H,36,37). The Balaban J connectivity index is 1.62. The zero-order valence-electron chi connectivity index (χ0n) is 21.2. The predicted molar refractivity (Wildman–Crippen MR) is 138 cm³/mol. The van der Waals surface area contributed by atoms with E-state index in [9.17, 15) is 14.3 Å². The molecule has 0 unspecified atom stereocenters. The third-order valence-corrected chi connectivity index (χ3v) is 6.53. The van der Waals surface area contributed by atoms with Gasteiger partial charge < -0.3 is 10.4 Å². The van der Waals surface area contributed by atoms with Crippen molar-refractivity contribution in [2.45, 2.75) is 47.1 Å². The van der Waals surface area contributed by atoms with Crippen molar-refractivity contribution < 1.29 is 14.3 Å². The number of aromatic nitrogens is 6. The van der Waals surface area contributed by atoms with Crippen molar-refractivity contribution >= 4 is 23.4 Å². The number of halogens is 1. The van der Waals surface area contributed by atoms with Gasteiger partial charge in [-0.1, -0.05) is 0 Å². The van der Waals surface area contributed by atoms with Crippen LogP contribution in [-0.2, 0) is 6.54 Å². The number of anilines is 3. The highest BCUT2D eigenvalue weighted by Crippen LogP contribution is 2.38. The Bertz CT molecular complexity index is 1460. The number of nitrogens with one attached hydrogen (secondary N) is 1. The smallest absolute Gasteiger partial charge is 0.418 e. The van der Waals surface area contributed by atoms with Crippen molar-refractivity contribution in [3.8, 4) is 17.1 Å². The minimum atomic E-state index is -1.20. The van der Waals surface area contributed by atoms with Crippen molar-refractivity contribution in [1.82, 2.24) is 29.5 Å². The average Bonchev–Trinajstić information content (AvgIpc) is 3.58. The summed E-state index contributed by atoms with van der Waals surface area (Å²) in [6.45, 7) is 9.00. The second kappa shape index (κ2) is 9.64. The van der Waals surface area contributed by atoms with Gasteiger partial charge in [0.2, 0.25) is 0 Å². The van der Waals surface area contributed by atoms with Crippen molar-refractivity contribution in [3.05, 3.63) is 59.4 Å². The number of hydrogen-bond donors (Lipinski definition) is 2. The van der Waals surface area contributed by atoms with E-state index in [0.717, 1.165) is 41.4 Å². The first-order valence-corrected chi connectivity index (χ1v) is 12.3. The lowest BCUT2D eigenvalue weighted by Crippen LogP contribution is -2.28. The Morgan fingerprint density at radius 1 is 1.16 bits per heavy atom. The topological polar surface area (TPSA) is 114 Å². The number of carbonyl (C=O) groups is 1. The SMILES string of the molecule is CCNc1c(C)nn(-c2cc(N(C(=O)O)c3c(C)c(-c4ccc(F)cc4)nn3CC3CC3)ncn2)c1C. The summed E-state index contributed by atoms with van der Waals surface area (Å²) in [7, 11) is 0. The summed E-state index contributed by atoms with van der Waals surface area (Å²) in [5.41, 5.74) is 4.57. The molecule has 0 atom stereocenters. The molecule has 0 spiro atoms. The summed E-state index contributed by atoms with van der Waals surface area (Å²) in [5, 5.41) is 23.1. The molecule has 10 nitrogen and oxygen atoms in total. The van der Waals surface area contributed by atoms with Crippen molar-refractivity contribution in [3.63, 3.8) is 0 Å². The fourth-order valence-corrected chi connectivity index (χ4v) is 4.55. The molecule has 1 aromatic carbocycles. The van der Waals surface area contributed by atoms with Gasteiger partial charge in [0.15, 0.2) is 5.82 Å². The van der Waals surface area contributed by atoms with E-state index in [-0.39, 0.29) is 11.6 Å². The molecule has 37 heavy (non-hydrogen) atoms. The third kappa shape index (κ3) is 4.64. The molecule has 5 rings (SSSR count). The van der Waals surface area contributed by atoms with E-state index < -0.39 is 6.09 Å². The van der Waals surface area contributed by atoms with E-state index >= 15 is 0 Å². The molecule has 3 heterocycles. The molecule has 1 fully saturated rings. The predicted octanol–water partition coefficient (Wildman–Crippen LogP) is 5.25. The van der Waals surface area contributed by atoms with Crippen molar-refractivity contribution in [1.29, 1.82) is 0 Å². The van der Waals surface area contributed by atoms with E-state index in [0.29, 0.717) is 40.9 Å². The van der Waals surface area contributed by atoms with E-state index in [4.69, 9.17) is 5.10 Å². The quantitative estimate of drug-likeness (QED) is 0.337. The fraction of sp³-hybridized carbons (Fsp3) is 0.346. The van der Waals surface area contributed by atoms with Crippen LogP contribution in [0.4, 0.5) is 26.5 Å². The first-order chi connectivity index (χ1) is 17.8. The van der Waals surface area contributed by atoms with E-state index in [1.165, 1.54) is 18.5 Å². The van der Waals surface area contributed by atoms with Crippen LogP contribution in [0.2, 0.25) is 0 Å². The van der Waals surface area contributed by atoms with Crippen LogP contribution < -0.4 is 10.2 Å². The van der Waals surface area contributed by atoms with Gasteiger partial charge in [-0.15, -0.1) is 0 Å². The van der Waals surface area contributed by atoms with E-state index in [1.807, 2.05) is 27.7 Å². The molecule has 4 aromatic rings. The van der Waals surface area contributed by atoms with E-state index in [2.05, 4.69) is 20.4 Å². The molecule has 1 saturated carbocycles. The number of aryl methyl sites for hydroxylation is 1. The first kappa shape index (κ1) is 24.4. The Morgan fingerprint density at radius 2 is 1.89 bits per heavy atom. The second-order valence-corrected chi connectivity index (χ2v) is 9.27. The Labute approximate surface area is 213 Å². The lowest BCUT2D eigenvalue weighted by Gasteiger charge is -2.21. The van der Waals surface area contributed by atoms with Gasteiger partial charge in [0, 0.05) is 30.3 Å². The number of hydrogen-bond acceptors (Lipinski definition) is 6. The maximum absolute atomic E-state index is 13.6. The minimum absolute atomic E-state index is 0.181. The van der Waals surface area contributed by atoms with Gasteiger partial charge >= 0.3 is 6.09 Å². The molecule has 192 valence electrons. The molecule has 1 aliphatic rings. The number of carboxylic acid groups (broad SMARTS) is 1. The Hall–Kier alpha value is -4.28. The van der Waals surface area contributed by atoms with Gasteiger partial charge in [-0.3, -0.25) is 0 Å². The Kier molecular flexibility index (Phi) is 6.36. The molecular formula is C26H29FN8O2. The molecule has 0 radical (unpaired) electrons. The van der Waals surface area contributed by atoms with Crippen LogP contribution in [0.15, 0.2) is 36.7 Å². The van der Waals surface area contributed by atoms with Gasteiger partial charge in [-0.05, 0) is 70.7 Å². The molecule has 0 saturated heterocycles. The highest BCUT2D eigenvalue weighted by atomic mass is 19.1. The maximum atomic E-state index is 13.6. The van der Waals surface area contributed by atoms with Crippen molar-refractivity contribution in [2.24, 2.45) is 5.92 Å². The summed E-state index contributed by atoms with van der Waals surface area (Å²) in [6, 6.07) is 7.64. The molecule has 2 N–H and O–H groups in total. The van der Waals surface area contributed by atoms with E-state index in [1.54, 1.807) is 27.6 Å². The lowest BCUT2D eigenvalue weighted by molar-refractivity contribution is 0.204. The van der Waals surface area contributed by atoms with Crippen LogP contribution in [0.5, 0.6) is 0 Å². The number of benzene rings is 1. The summed E-state index contributed by atoms with van der Waals surface area (Å²) in [5.74, 6) is 1.13. The number of nitrogens with zero attached hydrogens (tertiary/aromatic N) is 7. The monoisotopic (exact) mass is 504 g/mol. The lowest BCUT2D eigenvalue weighted by atomic mass is 10.1. The summed E-state index contributed by atoms with van der Waals surface area (Å²) < 4.78 is 17.0. The van der Waals surface area contributed by atoms with Gasteiger partial charge in [0.25, 0.3) is 0 Å². The largest absolute Gasteiger partial charge is 0.464 e.